The third kappa shape index (κ3) is 1.07. The monoisotopic (exact) mass is 150 g/mol. The second kappa shape index (κ2) is 2.38. The molecule has 0 amide bonds. The predicted octanol–water partition coefficient (Wildman–Crippen LogP) is 1.67. The minimum absolute atomic E-state index is 0.601. The van der Waals surface area contributed by atoms with Gasteiger partial charge in [0.1, 0.15) is 0 Å². The molecule has 0 saturated carbocycles. The molecule has 2 N–H and O–H groups in total. The Kier molecular flexibility index (Phi) is 1.50. The van der Waals surface area contributed by atoms with Crippen molar-refractivity contribution in [2.45, 2.75) is 26.3 Å². The summed E-state index contributed by atoms with van der Waals surface area (Å²) in [5.74, 6) is 0. The lowest BCUT2D eigenvalue weighted by Crippen LogP contribution is -2.35. The van der Waals surface area contributed by atoms with Gasteiger partial charge in [0, 0.05) is 17.4 Å². The molecule has 2 heterocycles. The van der Waals surface area contributed by atoms with Gasteiger partial charge < -0.3 is 10.3 Å². The van der Waals surface area contributed by atoms with Crippen LogP contribution in [0.15, 0.2) is 6.07 Å². The topological polar surface area (TPSA) is 27.8 Å². The molecule has 2 heteroatoms. The molecule has 60 valence electrons. The number of rotatable bonds is 1. The second-order valence-corrected chi connectivity index (χ2v) is 3.34. The van der Waals surface area contributed by atoms with Gasteiger partial charge in [0.15, 0.2) is 0 Å². The average Bonchev–Trinajstić information content (AvgIpc) is 2.07. The van der Waals surface area contributed by atoms with E-state index in [1.54, 1.807) is 0 Å². The Morgan fingerprint density at radius 2 is 2.18 bits per heavy atom. The highest BCUT2D eigenvalue weighted by Crippen LogP contribution is 2.24. The first-order valence-corrected chi connectivity index (χ1v) is 4.17. The van der Waals surface area contributed by atoms with E-state index in [1.807, 2.05) is 0 Å². The maximum atomic E-state index is 3.38. The first kappa shape index (κ1) is 6.92. The molecular weight excluding hydrogens is 136 g/mol. The van der Waals surface area contributed by atoms with Crippen LogP contribution in [0.3, 0.4) is 0 Å². The quantitative estimate of drug-likeness (QED) is 0.626. The van der Waals surface area contributed by atoms with Crippen LogP contribution >= 0.6 is 0 Å². The summed E-state index contributed by atoms with van der Waals surface area (Å²) in [5.41, 5.74) is 4.04. The molecule has 1 aliphatic heterocycles. The fourth-order valence-electron chi connectivity index (χ4n) is 1.65. The van der Waals surface area contributed by atoms with Gasteiger partial charge in [-0.15, -0.1) is 0 Å². The summed E-state index contributed by atoms with van der Waals surface area (Å²) in [4.78, 5) is 3.38. The van der Waals surface area contributed by atoms with E-state index in [4.69, 9.17) is 0 Å². The van der Waals surface area contributed by atoms with Crippen molar-refractivity contribution in [2.75, 3.05) is 6.54 Å². The molecule has 1 aromatic heterocycles. The Morgan fingerprint density at radius 3 is 2.55 bits per heavy atom. The lowest BCUT2D eigenvalue weighted by Gasteiger charge is -2.27. The summed E-state index contributed by atoms with van der Waals surface area (Å²) < 4.78 is 0. The van der Waals surface area contributed by atoms with E-state index >= 15 is 0 Å². The lowest BCUT2D eigenvalue weighted by atomic mass is 10.0. The molecule has 0 aromatic carbocycles. The maximum Gasteiger partial charge on any atom is 0.0487 e. The SMILES string of the molecule is Cc1cc(C)c(C2CCN2)[nH]1. The number of hydrogen-bond acceptors (Lipinski definition) is 1. The van der Waals surface area contributed by atoms with Crippen LogP contribution in [0.25, 0.3) is 0 Å². The first-order valence-electron chi connectivity index (χ1n) is 4.17. The van der Waals surface area contributed by atoms with Gasteiger partial charge in [0.05, 0.1) is 0 Å². The van der Waals surface area contributed by atoms with E-state index in [0.717, 1.165) is 0 Å². The minimum atomic E-state index is 0.601. The van der Waals surface area contributed by atoms with Crippen molar-refractivity contribution in [2.24, 2.45) is 0 Å². The Hall–Kier alpha value is -0.760. The molecule has 1 aliphatic rings. The maximum absolute atomic E-state index is 3.38. The molecule has 0 spiro atoms. The number of aromatic amines is 1. The Bertz CT molecular complexity index is 259. The minimum Gasteiger partial charge on any atom is -0.361 e. The van der Waals surface area contributed by atoms with Crippen molar-refractivity contribution in [3.63, 3.8) is 0 Å². The number of hydrogen-bond donors (Lipinski definition) is 2. The highest BCUT2D eigenvalue weighted by Gasteiger charge is 2.21. The van der Waals surface area contributed by atoms with Gasteiger partial charge in [-0.25, -0.2) is 0 Å². The van der Waals surface area contributed by atoms with Crippen LogP contribution in [0.1, 0.15) is 29.4 Å². The smallest absolute Gasteiger partial charge is 0.0487 e. The van der Waals surface area contributed by atoms with Crippen LogP contribution in [0, 0.1) is 13.8 Å². The molecule has 2 rings (SSSR count). The van der Waals surface area contributed by atoms with Gasteiger partial charge in [0.25, 0.3) is 0 Å². The molecule has 0 aliphatic carbocycles. The zero-order valence-corrected chi connectivity index (χ0v) is 7.07. The zero-order chi connectivity index (χ0) is 7.84. The zero-order valence-electron chi connectivity index (χ0n) is 7.07. The average molecular weight is 150 g/mol. The third-order valence-electron chi connectivity index (χ3n) is 2.36. The molecule has 1 aromatic rings. The van der Waals surface area contributed by atoms with Gasteiger partial charge in [-0.05, 0) is 38.4 Å². The van der Waals surface area contributed by atoms with E-state index < -0.39 is 0 Å². The third-order valence-corrected chi connectivity index (χ3v) is 2.36. The molecule has 11 heavy (non-hydrogen) atoms. The van der Waals surface area contributed by atoms with E-state index in [2.05, 4.69) is 30.2 Å². The number of aryl methyl sites for hydroxylation is 2. The van der Waals surface area contributed by atoms with Crippen LogP contribution in [0.4, 0.5) is 0 Å². The number of aromatic nitrogens is 1. The largest absolute Gasteiger partial charge is 0.361 e. The molecule has 2 nitrogen and oxygen atoms in total. The number of nitrogens with one attached hydrogen (secondary N) is 2. The predicted molar refractivity (Wildman–Crippen MR) is 45.6 cm³/mol. The molecule has 1 fully saturated rings. The van der Waals surface area contributed by atoms with Crippen molar-refractivity contribution < 1.29 is 0 Å². The molecule has 1 saturated heterocycles. The van der Waals surface area contributed by atoms with E-state index in [1.165, 1.54) is 29.9 Å². The van der Waals surface area contributed by atoms with E-state index in [0.29, 0.717) is 6.04 Å². The normalized spacial score (nSPS) is 23.3. The van der Waals surface area contributed by atoms with Crippen LogP contribution in [0.2, 0.25) is 0 Å². The molecule has 1 atom stereocenters. The Morgan fingerprint density at radius 1 is 1.45 bits per heavy atom. The van der Waals surface area contributed by atoms with E-state index in [-0.39, 0.29) is 0 Å². The first-order chi connectivity index (χ1) is 5.27. The Balaban J connectivity index is 2.28. The van der Waals surface area contributed by atoms with Gasteiger partial charge in [0.2, 0.25) is 0 Å². The van der Waals surface area contributed by atoms with Gasteiger partial charge in [-0.3, -0.25) is 0 Å². The van der Waals surface area contributed by atoms with Crippen molar-refractivity contribution in [3.8, 4) is 0 Å². The van der Waals surface area contributed by atoms with Crippen LogP contribution in [-0.2, 0) is 0 Å². The van der Waals surface area contributed by atoms with Crippen LogP contribution in [0.5, 0.6) is 0 Å². The summed E-state index contributed by atoms with van der Waals surface area (Å²) >= 11 is 0. The summed E-state index contributed by atoms with van der Waals surface area (Å²) in [5, 5.41) is 3.38. The fourth-order valence-corrected chi connectivity index (χ4v) is 1.65. The van der Waals surface area contributed by atoms with Gasteiger partial charge in [-0.2, -0.15) is 0 Å². The van der Waals surface area contributed by atoms with E-state index in [9.17, 15) is 0 Å². The summed E-state index contributed by atoms with van der Waals surface area (Å²) in [6.45, 7) is 5.44. The Labute approximate surface area is 67.0 Å². The molecule has 0 radical (unpaired) electrons. The fraction of sp³-hybridized carbons (Fsp3) is 0.556. The highest BCUT2D eigenvalue weighted by atomic mass is 15.0. The molecule has 0 bridgehead atoms. The van der Waals surface area contributed by atoms with Crippen molar-refractivity contribution in [1.29, 1.82) is 0 Å². The summed E-state index contributed by atoms with van der Waals surface area (Å²) in [7, 11) is 0. The van der Waals surface area contributed by atoms with Crippen molar-refractivity contribution >= 4 is 0 Å². The number of H-pyrrole nitrogens is 1. The standard InChI is InChI=1S/C9H14N2/c1-6-5-7(2)11-9(6)8-3-4-10-8/h5,8,10-11H,3-4H2,1-2H3. The summed E-state index contributed by atoms with van der Waals surface area (Å²) in [6.07, 6.45) is 1.28. The van der Waals surface area contributed by atoms with Crippen molar-refractivity contribution in [3.05, 3.63) is 23.0 Å². The van der Waals surface area contributed by atoms with Crippen LogP contribution < -0.4 is 5.32 Å². The summed E-state index contributed by atoms with van der Waals surface area (Å²) in [6, 6.07) is 2.80. The van der Waals surface area contributed by atoms with Crippen molar-refractivity contribution in [1.82, 2.24) is 10.3 Å². The van der Waals surface area contributed by atoms with Gasteiger partial charge in [-0.1, -0.05) is 0 Å². The highest BCUT2D eigenvalue weighted by molar-refractivity contribution is 5.27. The van der Waals surface area contributed by atoms with Gasteiger partial charge >= 0.3 is 0 Å². The lowest BCUT2D eigenvalue weighted by molar-refractivity contribution is 0.375. The second-order valence-electron chi connectivity index (χ2n) is 3.34. The van der Waals surface area contributed by atoms with Crippen LogP contribution in [-0.4, -0.2) is 11.5 Å². The molecule has 1 unspecified atom stereocenters. The molecular formula is C9H14N2.